The van der Waals surface area contributed by atoms with Crippen LogP contribution in [0.2, 0.25) is 5.02 Å². The van der Waals surface area contributed by atoms with Gasteiger partial charge in [-0.05, 0) is 29.2 Å². The summed E-state index contributed by atoms with van der Waals surface area (Å²) in [5.74, 6) is -0.718. The van der Waals surface area contributed by atoms with E-state index in [4.69, 9.17) is 11.6 Å². The number of H-pyrrole nitrogens is 1. The fraction of sp³-hybridized carbons (Fsp3) is 0.375. The van der Waals surface area contributed by atoms with Crippen LogP contribution in [-0.2, 0) is 16.6 Å². The number of aromatic nitrogens is 4. The van der Waals surface area contributed by atoms with Crippen LogP contribution in [0.4, 0.5) is 10.1 Å². The van der Waals surface area contributed by atoms with Crippen LogP contribution >= 0.6 is 11.6 Å². The Bertz CT molecular complexity index is 1230. The molecule has 0 atom stereocenters. The van der Waals surface area contributed by atoms with Crippen LogP contribution in [0.3, 0.4) is 0 Å². The Morgan fingerprint density at radius 2 is 2.00 bits per heavy atom. The minimum Gasteiger partial charge on any atom is -0.355 e. The third kappa shape index (κ3) is 4.89. The number of benzene rings is 2. The number of aromatic amines is 1. The van der Waals surface area contributed by atoms with Gasteiger partial charge >= 0.3 is 0 Å². The smallest absolute Gasteiger partial charge is 0.253 e. The molecule has 0 unspecified atom stereocenters. The summed E-state index contributed by atoms with van der Waals surface area (Å²) < 4.78 is 14.3. The summed E-state index contributed by atoms with van der Waals surface area (Å²) in [6.45, 7) is 5.71. The van der Waals surface area contributed by atoms with Crippen molar-refractivity contribution in [3.63, 3.8) is 0 Å². The first kappa shape index (κ1) is 24.7. The molecule has 2 aromatic carbocycles. The van der Waals surface area contributed by atoms with Gasteiger partial charge in [0, 0.05) is 33.1 Å². The van der Waals surface area contributed by atoms with E-state index >= 15 is 0 Å². The summed E-state index contributed by atoms with van der Waals surface area (Å²) in [7, 11) is 1.46. The topological polar surface area (TPSA) is 116 Å². The van der Waals surface area contributed by atoms with Crippen LogP contribution in [0.25, 0.3) is 0 Å². The molecule has 1 saturated heterocycles. The summed E-state index contributed by atoms with van der Waals surface area (Å²) in [6, 6.07) is 10.2. The monoisotopic (exact) mass is 499 g/mol. The molecule has 1 fully saturated rings. The Kier molecular flexibility index (Phi) is 7.13. The molecule has 11 heteroatoms. The van der Waals surface area contributed by atoms with Crippen molar-refractivity contribution < 1.29 is 14.0 Å². The number of nitrogens with zero attached hydrogens (tertiary/aromatic N) is 4. The zero-order valence-electron chi connectivity index (χ0n) is 19.7. The summed E-state index contributed by atoms with van der Waals surface area (Å²) in [6.07, 6.45) is 0.587. The number of nitrogens with one attached hydrogen (secondary N) is 3. The standard InChI is InChI=1S/C24H27ClFN7O2/c1-14(2)15-6-4-5-7-17(15)24(12-33(13-24)9-8-21-29-31-32-30-21)23(35)28-20-11-19(26)18(25)10-16(20)22(34)27-3/h4-7,10-11,14H,8-9,12-13H2,1-3H3,(H,27,34)(H,28,35)(H,29,30,31,32). The predicted molar refractivity (Wildman–Crippen MR) is 130 cm³/mol. The van der Waals surface area contributed by atoms with Crippen LogP contribution in [0.5, 0.6) is 0 Å². The van der Waals surface area contributed by atoms with E-state index in [1.165, 1.54) is 13.1 Å². The van der Waals surface area contributed by atoms with Gasteiger partial charge in [-0.3, -0.25) is 14.5 Å². The molecule has 2 heterocycles. The number of anilines is 1. The highest BCUT2D eigenvalue weighted by Crippen LogP contribution is 2.40. The van der Waals surface area contributed by atoms with E-state index in [-0.39, 0.29) is 28.1 Å². The number of amides is 2. The molecular weight excluding hydrogens is 473 g/mol. The minimum atomic E-state index is -0.881. The van der Waals surface area contributed by atoms with E-state index in [0.29, 0.717) is 31.9 Å². The molecule has 0 saturated carbocycles. The second-order valence-corrected chi connectivity index (χ2v) is 9.37. The molecule has 35 heavy (non-hydrogen) atoms. The zero-order valence-corrected chi connectivity index (χ0v) is 20.5. The van der Waals surface area contributed by atoms with Crippen LogP contribution in [-0.4, -0.2) is 64.0 Å². The van der Waals surface area contributed by atoms with Gasteiger partial charge in [0.1, 0.15) is 5.82 Å². The molecule has 0 bridgehead atoms. The van der Waals surface area contributed by atoms with Crippen molar-refractivity contribution in [2.45, 2.75) is 31.6 Å². The van der Waals surface area contributed by atoms with Gasteiger partial charge < -0.3 is 10.6 Å². The average molecular weight is 500 g/mol. The maximum Gasteiger partial charge on any atom is 0.253 e. The first-order valence-corrected chi connectivity index (χ1v) is 11.7. The van der Waals surface area contributed by atoms with Crippen molar-refractivity contribution in [3.8, 4) is 0 Å². The van der Waals surface area contributed by atoms with Gasteiger partial charge in [-0.2, -0.15) is 5.21 Å². The van der Waals surface area contributed by atoms with Crippen LogP contribution < -0.4 is 10.6 Å². The summed E-state index contributed by atoms with van der Waals surface area (Å²) in [4.78, 5) is 28.4. The Morgan fingerprint density at radius 3 is 2.66 bits per heavy atom. The van der Waals surface area contributed by atoms with Gasteiger partial charge in [-0.1, -0.05) is 54.9 Å². The summed E-state index contributed by atoms with van der Waals surface area (Å²) in [5, 5.41) is 19.1. The highest BCUT2D eigenvalue weighted by atomic mass is 35.5. The number of hydrogen-bond acceptors (Lipinski definition) is 6. The van der Waals surface area contributed by atoms with E-state index in [0.717, 1.165) is 17.2 Å². The van der Waals surface area contributed by atoms with E-state index in [1.807, 2.05) is 24.3 Å². The highest BCUT2D eigenvalue weighted by molar-refractivity contribution is 6.31. The third-order valence-electron chi connectivity index (χ3n) is 6.34. The van der Waals surface area contributed by atoms with Crippen molar-refractivity contribution in [2.24, 2.45) is 0 Å². The Labute approximate surface area is 207 Å². The molecule has 4 rings (SSSR count). The van der Waals surface area contributed by atoms with Crippen molar-refractivity contribution in [1.29, 1.82) is 0 Å². The molecule has 0 spiro atoms. The lowest BCUT2D eigenvalue weighted by Crippen LogP contribution is -2.65. The fourth-order valence-electron chi connectivity index (χ4n) is 4.51. The largest absolute Gasteiger partial charge is 0.355 e. The lowest BCUT2D eigenvalue weighted by Gasteiger charge is -2.50. The average Bonchev–Trinajstić information content (AvgIpc) is 3.33. The molecule has 0 aliphatic carbocycles. The van der Waals surface area contributed by atoms with Gasteiger partial charge in [0.25, 0.3) is 5.91 Å². The Hall–Kier alpha value is -3.37. The van der Waals surface area contributed by atoms with Gasteiger partial charge in [-0.25, -0.2) is 4.39 Å². The molecule has 2 amide bonds. The van der Waals surface area contributed by atoms with Crippen molar-refractivity contribution in [1.82, 2.24) is 30.8 Å². The first-order valence-electron chi connectivity index (χ1n) is 11.3. The normalized spacial score (nSPS) is 15.0. The highest BCUT2D eigenvalue weighted by Gasteiger charge is 2.51. The van der Waals surface area contributed by atoms with Gasteiger partial charge in [0.15, 0.2) is 5.82 Å². The molecule has 9 nitrogen and oxygen atoms in total. The SMILES string of the molecule is CNC(=O)c1cc(Cl)c(F)cc1NC(=O)C1(c2ccccc2C(C)C)CN(CCc2nn[nH]n2)C1. The van der Waals surface area contributed by atoms with Crippen LogP contribution in [0.1, 0.15) is 47.1 Å². The second-order valence-electron chi connectivity index (χ2n) is 8.96. The quantitative estimate of drug-likeness (QED) is 0.439. The first-order chi connectivity index (χ1) is 16.7. The molecular formula is C24H27ClFN7O2. The number of hydrogen-bond donors (Lipinski definition) is 3. The Balaban J connectivity index is 1.66. The molecule has 0 radical (unpaired) electrons. The number of rotatable bonds is 8. The fourth-order valence-corrected chi connectivity index (χ4v) is 4.67. The second kappa shape index (κ2) is 10.1. The van der Waals surface area contributed by atoms with E-state index in [1.54, 1.807) is 0 Å². The molecule has 1 aliphatic heterocycles. The summed E-state index contributed by atoms with van der Waals surface area (Å²) >= 11 is 5.91. The molecule has 3 N–H and O–H groups in total. The number of tetrazole rings is 1. The van der Waals surface area contributed by atoms with Crippen LogP contribution in [0, 0.1) is 5.82 Å². The number of halogens is 2. The van der Waals surface area contributed by atoms with Gasteiger partial charge in [0.05, 0.1) is 21.7 Å². The molecule has 3 aromatic rings. The molecule has 1 aliphatic rings. The Morgan fingerprint density at radius 1 is 1.26 bits per heavy atom. The van der Waals surface area contributed by atoms with E-state index in [9.17, 15) is 14.0 Å². The zero-order chi connectivity index (χ0) is 25.2. The number of carbonyl (C=O) groups excluding carboxylic acids is 2. The van der Waals surface area contributed by atoms with E-state index in [2.05, 4.69) is 50.0 Å². The minimum absolute atomic E-state index is 0.0721. The maximum atomic E-state index is 14.3. The van der Waals surface area contributed by atoms with Crippen molar-refractivity contribution in [3.05, 3.63) is 69.8 Å². The number of likely N-dealkylation sites (tertiary alicyclic amines) is 1. The van der Waals surface area contributed by atoms with Crippen molar-refractivity contribution >= 4 is 29.1 Å². The van der Waals surface area contributed by atoms with Crippen LogP contribution in [0.15, 0.2) is 36.4 Å². The maximum absolute atomic E-state index is 14.3. The molecule has 1 aromatic heterocycles. The lowest BCUT2D eigenvalue weighted by molar-refractivity contribution is -0.128. The predicted octanol–water partition coefficient (Wildman–Crippen LogP) is 2.91. The van der Waals surface area contributed by atoms with Crippen molar-refractivity contribution in [2.75, 3.05) is 32.0 Å². The van der Waals surface area contributed by atoms with Gasteiger partial charge in [-0.15, -0.1) is 10.2 Å². The summed E-state index contributed by atoms with van der Waals surface area (Å²) in [5.41, 5.74) is 1.26. The third-order valence-corrected chi connectivity index (χ3v) is 6.63. The van der Waals surface area contributed by atoms with E-state index < -0.39 is 17.1 Å². The number of carbonyl (C=O) groups is 2. The lowest BCUT2D eigenvalue weighted by atomic mass is 9.69. The van der Waals surface area contributed by atoms with Gasteiger partial charge in [0.2, 0.25) is 5.91 Å². The molecule has 184 valence electrons.